The van der Waals surface area contributed by atoms with Gasteiger partial charge in [0.1, 0.15) is 18.2 Å². The Hall–Kier alpha value is -3.46. The fraction of sp³-hybridized carbons (Fsp3) is 0.273. The summed E-state index contributed by atoms with van der Waals surface area (Å²) in [5.74, 6) is -0.170. The van der Waals surface area contributed by atoms with Crippen molar-refractivity contribution in [3.63, 3.8) is 0 Å². The zero-order valence-electron chi connectivity index (χ0n) is 17.1. The minimum Gasteiger partial charge on any atom is -0.447 e. The van der Waals surface area contributed by atoms with Crippen LogP contribution in [-0.4, -0.2) is 46.2 Å². The maximum Gasteiger partial charge on any atom is 0.412 e. The molecule has 0 spiro atoms. The lowest BCUT2D eigenvalue weighted by atomic mass is 10.2. The van der Waals surface area contributed by atoms with Gasteiger partial charge in [0.05, 0.1) is 11.1 Å². The van der Waals surface area contributed by atoms with Crippen LogP contribution in [0, 0.1) is 5.82 Å². The highest BCUT2D eigenvalue weighted by atomic mass is 35.5. The van der Waals surface area contributed by atoms with Gasteiger partial charge in [-0.1, -0.05) is 23.7 Å². The van der Waals surface area contributed by atoms with Crippen molar-refractivity contribution >= 4 is 40.3 Å². The van der Waals surface area contributed by atoms with Gasteiger partial charge in [-0.05, 0) is 42.0 Å². The van der Waals surface area contributed by atoms with Gasteiger partial charge in [-0.15, -0.1) is 0 Å². The lowest BCUT2D eigenvalue weighted by Gasteiger charge is -2.24. The third-order valence-corrected chi connectivity index (χ3v) is 5.68. The number of carbonyl (C=O) groups excluding carboxylic acids is 2. The summed E-state index contributed by atoms with van der Waals surface area (Å²) in [6.07, 6.45) is 5.82. The van der Waals surface area contributed by atoms with Crippen LogP contribution < -0.4 is 10.6 Å². The SMILES string of the molecule is O=C(Nc1cc2ccncc2cn1)OC[C@@H]1CCCN1C(=O)NCc1cccc(F)c1Cl. The van der Waals surface area contributed by atoms with Crippen molar-refractivity contribution in [2.75, 3.05) is 18.5 Å². The van der Waals surface area contributed by atoms with E-state index in [1.807, 2.05) is 6.07 Å². The number of amides is 3. The van der Waals surface area contributed by atoms with Crippen LogP contribution in [0.4, 0.5) is 19.8 Å². The van der Waals surface area contributed by atoms with E-state index in [1.165, 1.54) is 12.1 Å². The molecular weight excluding hydrogens is 437 g/mol. The molecule has 3 amide bonds. The van der Waals surface area contributed by atoms with Gasteiger partial charge in [-0.2, -0.15) is 0 Å². The number of ether oxygens (including phenoxy) is 1. The molecule has 1 aliphatic rings. The number of halogens is 2. The molecule has 8 nitrogen and oxygen atoms in total. The van der Waals surface area contributed by atoms with Crippen LogP contribution in [0.2, 0.25) is 5.02 Å². The molecule has 1 aliphatic heterocycles. The summed E-state index contributed by atoms with van der Waals surface area (Å²) >= 11 is 5.94. The van der Waals surface area contributed by atoms with Gasteiger partial charge in [0.15, 0.2) is 0 Å². The number of anilines is 1. The quantitative estimate of drug-likeness (QED) is 0.594. The Morgan fingerprint density at radius 2 is 2.12 bits per heavy atom. The van der Waals surface area contributed by atoms with Crippen molar-refractivity contribution in [2.24, 2.45) is 0 Å². The summed E-state index contributed by atoms with van der Waals surface area (Å²) in [6.45, 7) is 0.694. The van der Waals surface area contributed by atoms with E-state index in [0.717, 1.165) is 17.2 Å². The Labute approximate surface area is 188 Å². The molecule has 1 atom stereocenters. The number of hydrogen-bond donors (Lipinski definition) is 2. The van der Waals surface area contributed by atoms with Gasteiger partial charge >= 0.3 is 12.1 Å². The second-order valence-electron chi connectivity index (χ2n) is 7.38. The van der Waals surface area contributed by atoms with Gasteiger partial charge in [-0.3, -0.25) is 10.3 Å². The van der Waals surface area contributed by atoms with Gasteiger partial charge in [0.25, 0.3) is 0 Å². The van der Waals surface area contributed by atoms with E-state index in [0.29, 0.717) is 24.3 Å². The standard InChI is InChI=1S/C22H21ClFN5O3/c23-20-15(3-1-5-18(20)24)11-27-21(30)29-8-2-4-17(29)13-32-22(31)28-19-9-14-6-7-25-10-16(14)12-26-19/h1,3,5-7,9-10,12,17H,2,4,8,11,13H2,(H,27,30)(H,26,28,31)/t17-/m0/s1. The van der Waals surface area contributed by atoms with Gasteiger partial charge in [0, 0.05) is 37.1 Å². The Morgan fingerprint density at radius 3 is 3.00 bits per heavy atom. The maximum atomic E-state index is 13.6. The number of fused-ring (bicyclic) bond motifs is 1. The average molecular weight is 458 g/mol. The van der Waals surface area contributed by atoms with Crippen LogP contribution in [0.15, 0.2) is 48.9 Å². The topological polar surface area (TPSA) is 96.4 Å². The van der Waals surface area contributed by atoms with Crippen molar-refractivity contribution in [1.29, 1.82) is 0 Å². The fourth-order valence-corrected chi connectivity index (χ4v) is 3.79. The van der Waals surface area contributed by atoms with Crippen molar-refractivity contribution < 1.29 is 18.7 Å². The predicted molar refractivity (Wildman–Crippen MR) is 118 cm³/mol. The van der Waals surface area contributed by atoms with Gasteiger partial charge < -0.3 is 15.0 Å². The fourth-order valence-electron chi connectivity index (χ4n) is 3.59. The van der Waals surface area contributed by atoms with E-state index in [-0.39, 0.29) is 30.2 Å². The van der Waals surface area contributed by atoms with Crippen LogP contribution >= 0.6 is 11.6 Å². The number of nitrogens with zero attached hydrogens (tertiary/aromatic N) is 3. The number of likely N-dealkylation sites (tertiary alicyclic amines) is 1. The van der Waals surface area contributed by atoms with Crippen LogP contribution in [0.5, 0.6) is 0 Å². The summed E-state index contributed by atoms with van der Waals surface area (Å²) in [6, 6.07) is 7.43. The number of aromatic nitrogens is 2. The average Bonchev–Trinajstić information content (AvgIpc) is 3.27. The molecule has 10 heteroatoms. The number of benzene rings is 1. The van der Waals surface area contributed by atoms with E-state index >= 15 is 0 Å². The highest BCUT2D eigenvalue weighted by Gasteiger charge is 2.30. The summed E-state index contributed by atoms with van der Waals surface area (Å²) in [4.78, 5) is 34.6. The first-order valence-corrected chi connectivity index (χ1v) is 10.5. The molecular formula is C22H21ClFN5O3. The molecule has 4 rings (SSSR count). The van der Waals surface area contributed by atoms with Crippen LogP contribution in [0.1, 0.15) is 18.4 Å². The third-order valence-electron chi connectivity index (χ3n) is 5.26. The highest BCUT2D eigenvalue weighted by Crippen LogP contribution is 2.21. The number of carbonyl (C=O) groups is 2. The third kappa shape index (κ3) is 5.05. The minimum atomic E-state index is -0.648. The van der Waals surface area contributed by atoms with Crippen molar-refractivity contribution in [1.82, 2.24) is 20.2 Å². The Morgan fingerprint density at radius 1 is 1.25 bits per heavy atom. The summed E-state index contributed by atoms with van der Waals surface area (Å²) in [7, 11) is 0. The molecule has 2 N–H and O–H groups in total. The second-order valence-corrected chi connectivity index (χ2v) is 7.75. The smallest absolute Gasteiger partial charge is 0.412 e. The summed E-state index contributed by atoms with van der Waals surface area (Å²) in [5.41, 5.74) is 0.491. The Bertz CT molecular complexity index is 1150. The zero-order chi connectivity index (χ0) is 22.5. The van der Waals surface area contributed by atoms with E-state index in [1.54, 1.807) is 35.6 Å². The largest absolute Gasteiger partial charge is 0.447 e. The van der Waals surface area contributed by atoms with Crippen molar-refractivity contribution in [3.05, 3.63) is 65.3 Å². The monoisotopic (exact) mass is 457 g/mol. The molecule has 1 saturated heterocycles. The molecule has 166 valence electrons. The zero-order valence-corrected chi connectivity index (χ0v) is 17.8. The molecule has 3 heterocycles. The number of hydrogen-bond acceptors (Lipinski definition) is 5. The molecule has 32 heavy (non-hydrogen) atoms. The van der Waals surface area contributed by atoms with E-state index in [4.69, 9.17) is 16.3 Å². The lowest BCUT2D eigenvalue weighted by Crippen LogP contribution is -2.44. The first-order valence-electron chi connectivity index (χ1n) is 10.1. The lowest BCUT2D eigenvalue weighted by molar-refractivity contribution is 0.123. The van der Waals surface area contributed by atoms with E-state index in [9.17, 15) is 14.0 Å². The first kappa shape index (κ1) is 21.8. The van der Waals surface area contributed by atoms with Crippen LogP contribution in [-0.2, 0) is 11.3 Å². The van der Waals surface area contributed by atoms with Gasteiger partial charge in [0.2, 0.25) is 0 Å². The number of rotatable bonds is 5. The molecule has 0 saturated carbocycles. The molecule has 0 radical (unpaired) electrons. The van der Waals surface area contributed by atoms with Crippen LogP contribution in [0.25, 0.3) is 10.8 Å². The summed E-state index contributed by atoms with van der Waals surface area (Å²) in [5, 5.41) is 7.09. The number of pyridine rings is 2. The Balaban J connectivity index is 1.28. The van der Waals surface area contributed by atoms with E-state index in [2.05, 4.69) is 20.6 Å². The second kappa shape index (κ2) is 9.78. The normalized spacial score (nSPS) is 15.6. The number of nitrogens with one attached hydrogen (secondary N) is 2. The highest BCUT2D eigenvalue weighted by molar-refractivity contribution is 6.31. The minimum absolute atomic E-state index is 0.00987. The molecule has 0 aliphatic carbocycles. The van der Waals surface area contributed by atoms with E-state index < -0.39 is 11.9 Å². The number of urea groups is 1. The molecule has 1 aromatic carbocycles. The van der Waals surface area contributed by atoms with Crippen molar-refractivity contribution in [3.8, 4) is 0 Å². The first-order chi connectivity index (χ1) is 15.5. The van der Waals surface area contributed by atoms with Crippen molar-refractivity contribution in [2.45, 2.75) is 25.4 Å². The van der Waals surface area contributed by atoms with Crippen LogP contribution in [0.3, 0.4) is 0 Å². The predicted octanol–water partition coefficient (Wildman–Crippen LogP) is 4.35. The molecule has 0 unspecified atom stereocenters. The maximum absolute atomic E-state index is 13.6. The van der Waals surface area contributed by atoms with Gasteiger partial charge in [-0.25, -0.2) is 19.0 Å². The summed E-state index contributed by atoms with van der Waals surface area (Å²) < 4.78 is 18.9. The molecule has 0 bridgehead atoms. The molecule has 3 aromatic rings. The Kier molecular flexibility index (Phi) is 6.65. The molecule has 1 fully saturated rings. The molecule has 2 aromatic heterocycles.